The van der Waals surface area contributed by atoms with Gasteiger partial charge in [-0.05, 0) is 55.9 Å². The molecule has 3 aliphatic heterocycles. The molecule has 3 aliphatic rings. The predicted octanol–water partition coefficient (Wildman–Crippen LogP) is 2.04. The SMILES string of the molecule is O=C(Nc1ccc2c(c1)CCCO2)N1CCCC(N2CCCS2(=O)=O)C1. The van der Waals surface area contributed by atoms with Crippen LogP contribution in [-0.2, 0) is 16.4 Å². The molecule has 1 N–H and O–H groups in total. The second kappa shape index (κ2) is 7.08. The predicted molar refractivity (Wildman–Crippen MR) is 99.0 cm³/mol. The van der Waals surface area contributed by atoms with E-state index in [-0.39, 0.29) is 17.8 Å². The van der Waals surface area contributed by atoms with Gasteiger partial charge in [0, 0.05) is 31.4 Å². The van der Waals surface area contributed by atoms with Crippen molar-refractivity contribution in [1.29, 1.82) is 0 Å². The number of likely N-dealkylation sites (tertiary alicyclic amines) is 1. The summed E-state index contributed by atoms with van der Waals surface area (Å²) < 4.78 is 31.5. The highest BCUT2D eigenvalue weighted by Crippen LogP contribution is 2.28. The number of piperidine rings is 1. The lowest BCUT2D eigenvalue weighted by atomic mass is 10.1. The van der Waals surface area contributed by atoms with Crippen molar-refractivity contribution in [2.24, 2.45) is 0 Å². The molecule has 8 heteroatoms. The number of hydrogen-bond acceptors (Lipinski definition) is 4. The summed E-state index contributed by atoms with van der Waals surface area (Å²) in [4.78, 5) is 14.4. The Morgan fingerprint density at radius 1 is 1.19 bits per heavy atom. The maximum atomic E-state index is 12.7. The Kier molecular flexibility index (Phi) is 4.79. The third kappa shape index (κ3) is 3.53. The number of amides is 2. The van der Waals surface area contributed by atoms with Gasteiger partial charge in [0.2, 0.25) is 10.0 Å². The van der Waals surface area contributed by atoms with Gasteiger partial charge in [0.1, 0.15) is 5.75 Å². The number of aryl methyl sites for hydroxylation is 1. The standard InChI is InChI=1S/C18H25N3O4S/c22-18(19-15-6-7-17-14(12-15)4-2-10-25-17)20-8-1-5-16(13-20)21-9-3-11-26(21,23)24/h6-7,12,16H,1-5,8-11,13H2,(H,19,22). The van der Waals surface area contributed by atoms with Crippen molar-refractivity contribution in [3.63, 3.8) is 0 Å². The fourth-order valence-corrected chi connectivity index (χ4v) is 5.85. The minimum Gasteiger partial charge on any atom is -0.493 e. The average Bonchev–Trinajstić information content (AvgIpc) is 3.01. The van der Waals surface area contributed by atoms with Crippen LogP contribution in [0.15, 0.2) is 18.2 Å². The Hall–Kier alpha value is -1.80. The Morgan fingerprint density at radius 2 is 2.08 bits per heavy atom. The fraction of sp³-hybridized carbons (Fsp3) is 0.611. The van der Waals surface area contributed by atoms with Gasteiger partial charge in [0.05, 0.1) is 12.4 Å². The van der Waals surface area contributed by atoms with E-state index in [1.807, 2.05) is 18.2 Å². The molecule has 1 aromatic rings. The summed E-state index contributed by atoms with van der Waals surface area (Å²) in [5, 5.41) is 2.96. The lowest BCUT2D eigenvalue weighted by molar-refractivity contribution is 0.163. The summed E-state index contributed by atoms with van der Waals surface area (Å²) in [5.74, 6) is 1.12. The Labute approximate surface area is 154 Å². The van der Waals surface area contributed by atoms with E-state index in [1.165, 1.54) is 0 Å². The smallest absolute Gasteiger partial charge is 0.321 e. The van der Waals surface area contributed by atoms with Crippen molar-refractivity contribution in [2.45, 2.75) is 38.1 Å². The van der Waals surface area contributed by atoms with E-state index in [0.717, 1.165) is 49.3 Å². The van der Waals surface area contributed by atoms with Gasteiger partial charge < -0.3 is 15.0 Å². The number of sulfonamides is 1. The molecule has 4 rings (SSSR count). The first-order chi connectivity index (χ1) is 12.5. The number of nitrogens with one attached hydrogen (secondary N) is 1. The summed E-state index contributed by atoms with van der Waals surface area (Å²) >= 11 is 0. The monoisotopic (exact) mass is 379 g/mol. The summed E-state index contributed by atoms with van der Waals surface area (Å²) in [6.45, 7) is 2.43. The average molecular weight is 379 g/mol. The summed E-state index contributed by atoms with van der Waals surface area (Å²) in [6.07, 6.45) is 4.27. The molecule has 0 radical (unpaired) electrons. The molecule has 1 unspecified atom stereocenters. The number of carbonyl (C=O) groups excluding carboxylic acids is 1. The molecule has 2 amide bonds. The Morgan fingerprint density at radius 3 is 2.88 bits per heavy atom. The van der Waals surface area contributed by atoms with Crippen molar-refractivity contribution >= 4 is 21.7 Å². The maximum Gasteiger partial charge on any atom is 0.321 e. The molecular formula is C18H25N3O4S. The van der Waals surface area contributed by atoms with E-state index >= 15 is 0 Å². The zero-order valence-electron chi connectivity index (χ0n) is 14.8. The van der Waals surface area contributed by atoms with Crippen LogP contribution in [0.5, 0.6) is 5.75 Å². The third-order valence-corrected chi connectivity index (χ3v) is 7.39. The second-order valence-corrected chi connectivity index (χ2v) is 9.27. The summed E-state index contributed by atoms with van der Waals surface area (Å²) in [6, 6.07) is 5.47. The lowest BCUT2D eigenvalue weighted by Gasteiger charge is -2.36. The van der Waals surface area contributed by atoms with Crippen molar-refractivity contribution in [3.05, 3.63) is 23.8 Å². The molecule has 0 aromatic heterocycles. The number of urea groups is 1. The van der Waals surface area contributed by atoms with E-state index in [4.69, 9.17) is 4.74 Å². The van der Waals surface area contributed by atoms with Gasteiger partial charge in [-0.3, -0.25) is 0 Å². The molecule has 2 fully saturated rings. The number of ether oxygens (including phenoxy) is 1. The van der Waals surface area contributed by atoms with Gasteiger partial charge in [0.25, 0.3) is 0 Å². The minimum absolute atomic E-state index is 0.0982. The highest BCUT2D eigenvalue weighted by Gasteiger charge is 2.37. The topological polar surface area (TPSA) is 79.0 Å². The van der Waals surface area contributed by atoms with E-state index < -0.39 is 10.0 Å². The largest absolute Gasteiger partial charge is 0.493 e. The van der Waals surface area contributed by atoms with Crippen LogP contribution in [0.4, 0.5) is 10.5 Å². The zero-order valence-corrected chi connectivity index (χ0v) is 15.6. The number of rotatable bonds is 2. The van der Waals surface area contributed by atoms with Crippen molar-refractivity contribution < 1.29 is 17.9 Å². The van der Waals surface area contributed by atoms with Crippen molar-refractivity contribution in [2.75, 3.05) is 37.3 Å². The molecule has 0 aliphatic carbocycles. The molecule has 142 valence electrons. The Bertz CT molecular complexity index is 796. The molecule has 0 saturated carbocycles. The van der Waals surface area contributed by atoms with E-state index in [2.05, 4.69) is 5.32 Å². The molecule has 2 saturated heterocycles. The van der Waals surface area contributed by atoms with Crippen LogP contribution in [0, 0.1) is 0 Å². The van der Waals surface area contributed by atoms with E-state index in [0.29, 0.717) is 26.1 Å². The first kappa shape index (κ1) is 17.6. The van der Waals surface area contributed by atoms with Crippen LogP contribution in [0.2, 0.25) is 0 Å². The van der Waals surface area contributed by atoms with Crippen LogP contribution < -0.4 is 10.1 Å². The van der Waals surface area contributed by atoms with Crippen molar-refractivity contribution in [1.82, 2.24) is 9.21 Å². The molecule has 1 atom stereocenters. The maximum absolute atomic E-state index is 12.7. The first-order valence-electron chi connectivity index (χ1n) is 9.34. The molecule has 0 spiro atoms. The second-order valence-electron chi connectivity index (χ2n) is 7.23. The number of hydrogen-bond donors (Lipinski definition) is 1. The number of fused-ring (bicyclic) bond motifs is 1. The highest BCUT2D eigenvalue weighted by molar-refractivity contribution is 7.89. The van der Waals surface area contributed by atoms with Crippen LogP contribution in [0.1, 0.15) is 31.2 Å². The molecule has 7 nitrogen and oxygen atoms in total. The number of nitrogens with zero attached hydrogens (tertiary/aromatic N) is 2. The van der Waals surface area contributed by atoms with Gasteiger partial charge in [-0.25, -0.2) is 13.2 Å². The van der Waals surface area contributed by atoms with Gasteiger partial charge in [-0.1, -0.05) is 0 Å². The normalized spacial score (nSPS) is 25.4. The van der Waals surface area contributed by atoms with Crippen LogP contribution >= 0.6 is 0 Å². The van der Waals surface area contributed by atoms with Crippen molar-refractivity contribution in [3.8, 4) is 5.75 Å². The first-order valence-corrected chi connectivity index (χ1v) is 10.9. The lowest BCUT2D eigenvalue weighted by Crippen LogP contribution is -2.51. The Balaban J connectivity index is 1.41. The zero-order chi connectivity index (χ0) is 18.1. The minimum atomic E-state index is -3.14. The van der Waals surface area contributed by atoms with Gasteiger partial charge in [0.15, 0.2) is 0 Å². The van der Waals surface area contributed by atoms with Gasteiger partial charge in [-0.15, -0.1) is 0 Å². The fourth-order valence-electron chi connectivity index (χ4n) is 4.08. The highest BCUT2D eigenvalue weighted by atomic mass is 32.2. The third-order valence-electron chi connectivity index (χ3n) is 5.39. The molecular weight excluding hydrogens is 354 g/mol. The quantitative estimate of drug-likeness (QED) is 0.853. The van der Waals surface area contributed by atoms with Crippen LogP contribution in [0.3, 0.4) is 0 Å². The number of benzene rings is 1. The number of carbonyl (C=O) groups is 1. The van der Waals surface area contributed by atoms with Crippen LogP contribution in [-0.4, -0.2) is 61.7 Å². The van der Waals surface area contributed by atoms with Crippen LogP contribution in [0.25, 0.3) is 0 Å². The molecule has 0 bridgehead atoms. The number of anilines is 1. The molecule has 3 heterocycles. The molecule has 1 aromatic carbocycles. The summed E-state index contributed by atoms with van der Waals surface area (Å²) in [7, 11) is -3.14. The van der Waals surface area contributed by atoms with Gasteiger partial charge >= 0.3 is 6.03 Å². The summed E-state index contributed by atoms with van der Waals surface area (Å²) in [5.41, 5.74) is 1.88. The van der Waals surface area contributed by atoms with Gasteiger partial charge in [-0.2, -0.15) is 4.31 Å². The van der Waals surface area contributed by atoms with E-state index in [1.54, 1.807) is 9.21 Å². The van der Waals surface area contributed by atoms with E-state index in [9.17, 15) is 13.2 Å². The molecule has 26 heavy (non-hydrogen) atoms.